The van der Waals surface area contributed by atoms with Crippen LogP contribution in [0.2, 0.25) is 5.15 Å². The standard InChI is InChI=1S/C13H20ClN5O/c1-5-6-19-9(7-15-17-19)12(20)10-11(8(2)3)16-18(4)13(10)14/h7-8,12,20H,5-6H2,1-4H3. The predicted octanol–water partition coefficient (Wildman–Crippen LogP) is 2.28. The van der Waals surface area contributed by atoms with Crippen LogP contribution in [0.4, 0.5) is 0 Å². The third kappa shape index (κ3) is 2.58. The van der Waals surface area contributed by atoms with Gasteiger partial charge in [0.1, 0.15) is 11.3 Å². The second-order valence-corrected chi connectivity index (χ2v) is 5.51. The molecule has 20 heavy (non-hydrogen) atoms. The smallest absolute Gasteiger partial charge is 0.133 e. The lowest BCUT2D eigenvalue weighted by Crippen LogP contribution is -2.12. The second-order valence-electron chi connectivity index (χ2n) is 5.15. The van der Waals surface area contributed by atoms with Crippen molar-refractivity contribution in [3.63, 3.8) is 0 Å². The number of aromatic nitrogens is 5. The van der Waals surface area contributed by atoms with Gasteiger partial charge in [0.2, 0.25) is 0 Å². The number of aryl methyl sites for hydroxylation is 2. The average Bonchev–Trinajstić information content (AvgIpc) is 2.96. The molecule has 0 saturated heterocycles. The van der Waals surface area contributed by atoms with Gasteiger partial charge in [-0.25, -0.2) is 4.68 Å². The molecular formula is C13H20ClN5O. The molecule has 0 amide bonds. The van der Waals surface area contributed by atoms with Gasteiger partial charge in [-0.2, -0.15) is 5.10 Å². The molecule has 0 aliphatic carbocycles. The van der Waals surface area contributed by atoms with E-state index >= 15 is 0 Å². The maximum Gasteiger partial charge on any atom is 0.133 e. The lowest BCUT2D eigenvalue weighted by molar-refractivity contribution is 0.206. The first-order chi connectivity index (χ1) is 9.47. The van der Waals surface area contributed by atoms with E-state index in [-0.39, 0.29) is 5.92 Å². The maximum absolute atomic E-state index is 10.7. The number of rotatable bonds is 5. The van der Waals surface area contributed by atoms with Crippen molar-refractivity contribution in [1.82, 2.24) is 24.8 Å². The van der Waals surface area contributed by atoms with Crippen LogP contribution >= 0.6 is 11.6 Å². The van der Waals surface area contributed by atoms with Crippen LogP contribution in [0.3, 0.4) is 0 Å². The van der Waals surface area contributed by atoms with Crippen molar-refractivity contribution in [3.8, 4) is 0 Å². The minimum atomic E-state index is -0.866. The van der Waals surface area contributed by atoms with Crippen LogP contribution in [0.1, 0.15) is 56.2 Å². The molecule has 0 spiro atoms. The minimum absolute atomic E-state index is 0.175. The van der Waals surface area contributed by atoms with E-state index in [1.165, 1.54) is 0 Å². The molecule has 0 saturated carbocycles. The topological polar surface area (TPSA) is 68.8 Å². The van der Waals surface area contributed by atoms with Crippen LogP contribution in [0, 0.1) is 0 Å². The minimum Gasteiger partial charge on any atom is -0.382 e. The Kier molecular flexibility index (Phi) is 4.45. The highest BCUT2D eigenvalue weighted by Crippen LogP contribution is 2.33. The molecule has 2 rings (SSSR count). The largest absolute Gasteiger partial charge is 0.382 e. The summed E-state index contributed by atoms with van der Waals surface area (Å²) in [6.07, 6.45) is 1.63. The van der Waals surface area contributed by atoms with Gasteiger partial charge >= 0.3 is 0 Å². The van der Waals surface area contributed by atoms with Gasteiger partial charge in [-0.1, -0.05) is 37.6 Å². The molecule has 1 N–H and O–H groups in total. The molecule has 1 atom stereocenters. The Balaban J connectivity index is 2.47. The van der Waals surface area contributed by atoms with Gasteiger partial charge in [0.25, 0.3) is 0 Å². The second kappa shape index (κ2) is 5.93. The van der Waals surface area contributed by atoms with Gasteiger partial charge in [-0.05, 0) is 12.3 Å². The van der Waals surface area contributed by atoms with Gasteiger partial charge in [0.05, 0.1) is 17.6 Å². The fraction of sp³-hybridized carbons (Fsp3) is 0.615. The molecule has 0 aliphatic heterocycles. The van der Waals surface area contributed by atoms with E-state index < -0.39 is 6.10 Å². The van der Waals surface area contributed by atoms with Gasteiger partial charge in [0, 0.05) is 19.2 Å². The van der Waals surface area contributed by atoms with E-state index in [0.717, 1.165) is 12.1 Å². The van der Waals surface area contributed by atoms with Crippen molar-refractivity contribution in [2.45, 2.75) is 45.8 Å². The third-order valence-corrected chi connectivity index (χ3v) is 3.67. The molecule has 110 valence electrons. The number of halogens is 1. The summed E-state index contributed by atoms with van der Waals surface area (Å²) in [4.78, 5) is 0. The molecule has 2 aromatic rings. The van der Waals surface area contributed by atoms with Crippen molar-refractivity contribution >= 4 is 11.6 Å². The van der Waals surface area contributed by atoms with E-state index in [1.807, 2.05) is 13.8 Å². The molecule has 0 fully saturated rings. The Labute approximate surface area is 123 Å². The number of hydrogen-bond acceptors (Lipinski definition) is 4. The molecule has 0 bridgehead atoms. The van der Waals surface area contributed by atoms with Crippen molar-refractivity contribution in [2.75, 3.05) is 0 Å². The highest BCUT2D eigenvalue weighted by molar-refractivity contribution is 6.30. The molecular weight excluding hydrogens is 278 g/mol. The number of nitrogens with zero attached hydrogens (tertiary/aromatic N) is 5. The van der Waals surface area contributed by atoms with E-state index in [0.29, 0.717) is 23.0 Å². The summed E-state index contributed by atoms with van der Waals surface area (Å²) in [7, 11) is 1.77. The molecule has 7 heteroatoms. The van der Waals surface area contributed by atoms with E-state index in [2.05, 4.69) is 22.3 Å². The first-order valence-corrected chi connectivity index (χ1v) is 7.13. The van der Waals surface area contributed by atoms with Crippen molar-refractivity contribution in [2.24, 2.45) is 7.05 Å². The zero-order valence-electron chi connectivity index (χ0n) is 12.2. The van der Waals surface area contributed by atoms with Crippen LogP contribution in [-0.2, 0) is 13.6 Å². The van der Waals surface area contributed by atoms with Crippen LogP contribution in [0.15, 0.2) is 6.20 Å². The monoisotopic (exact) mass is 297 g/mol. The molecule has 0 radical (unpaired) electrons. The van der Waals surface area contributed by atoms with Crippen LogP contribution in [0.25, 0.3) is 0 Å². The van der Waals surface area contributed by atoms with Gasteiger partial charge < -0.3 is 5.11 Å². The summed E-state index contributed by atoms with van der Waals surface area (Å²) in [6.45, 7) is 6.81. The Hall–Kier alpha value is -1.40. The van der Waals surface area contributed by atoms with Crippen LogP contribution < -0.4 is 0 Å². The fourth-order valence-electron chi connectivity index (χ4n) is 2.23. The number of aliphatic hydroxyl groups excluding tert-OH is 1. The Morgan fingerprint density at radius 2 is 2.10 bits per heavy atom. The van der Waals surface area contributed by atoms with Gasteiger partial charge in [0.15, 0.2) is 0 Å². The van der Waals surface area contributed by atoms with E-state index in [1.54, 1.807) is 22.6 Å². The quantitative estimate of drug-likeness (QED) is 0.919. The summed E-state index contributed by atoms with van der Waals surface area (Å²) >= 11 is 6.29. The highest BCUT2D eigenvalue weighted by Gasteiger charge is 2.27. The third-order valence-electron chi connectivity index (χ3n) is 3.22. The van der Waals surface area contributed by atoms with Gasteiger partial charge in [-0.15, -0.1) is 5.10 Å². The predicted molar refractivity (Wildman–Crippen MR) is 76.7 cm³/mol. The molecule has 1 unspecified atom stereocenters. The fourth-order valence-corrected chi connectivity index (χ4v) is 2.47. The lowest BCUT2D eigenvalue weighted by Gasteiger charge is -2.14. The summed E-state index contributed by atoms with van der Waals surface area (Å²) in [6, 6.07) is 0. The Morgan fingerprint density at radius 1 is 1.40 bits per heavy atom. The summed E-state index contributed by atoms with van der Waals surface area (Å²) in [5, 5.41) is 23.4. The normalized spacial score (nSPS) is 13.2. The number of aliphatic hydroxyl groups is 1. The Bertz CT molecular complexity index is 590. The van der Waals surface area contributed by atoms with Crippen LogP contribution in [-0.4, -0.2) is 29.9 Å². The molecule has 2 heterocycles. The molecule has 0 aromatic carbocycles. The lowest BCUT2D eigenvalue weighted by atomic mass is 10.0. The summed E-state index contributed by atoms with van der Waals surface area (Å²) in [5.74, 6) is 0.175. The molecule has 0 aliphatic rings. The zero-order chi connectivity index (χ0) is 14.9. The molecule has 2 aromatic heterocycles. The molecule has 6 nitrogen and oxygen atoms in total. The van der Waals surface area contributed by atoms with Gasteiger partial charge in [-0.3, -0.25) is 4.68 Å². The summed E-state index contributed by atoms with van der Waals surface area (Å²) in [5.41, 5.74) is 2.08. The first kappa shape index (κ1) is 15.0. The maximum atomic E-state index is 10.7. The number of hydrogen-bond donors (Lipinski definition) is 1. The van der Waals surface area contributed by atoms with Crippen LogP contribution in [0.5, 0.6) is 0 Å². The van der Waals surface area contributed by atoms with E-state index in [4.69, 9.17) is 11.6 Å². The zero-order valence-corrected chi connectivity index (χ0v) is 13.0. The van der Waals surface area contributed by atoms with Crippen molar-refractivity contribution in [3.05, 3.63) is 28.3 Å². The van der Waals surface area contributed by atoms with Crippen molar-refractivity contribution in [1.29, 1.82) is 0 Å². The van der Waals surface area contributed by atoms with Crippen molar-refractivity contribution < 1.29 is 5.11 Å². The SMILES string of the molecule is CCCn1nncc1C(O)c1c(C(C)C)nn(C)c1Cl. The van der Waals surface area contributed by atoms with E-state index in [9.17, 15) is 5.11 Å². The Morgan fingerprint density at radius 3 is 2.70 bits per heavy atom. The highest BCUT2D eigenvalue weighted by atomic mass is 35.5. The first-order valence-electron chi connectivity index (χ1n) is 6.76. The summed E-state index contributed by atoms with van der Waals surface area (Å²) < 4.78 is 3.29. The average molecular weight is 298 g/mol.